The molecule has 0 saturated carbocycles. The summed E-state index contributed by atoms with van der Waals surface area (Å²) < 4.78 is 6.28. The van der Waals surface area contributed by atoms with Crippen molar-refractivity contribution in [3.63, 3.8) is 0 Å². The van der Waals surface area contributed by atoms with Crippen molar-refractivity contribution in [3.05, 3.63) is 28.8 Å². The van der Waals surface area contributed by atoms with Crippen molar-refractivity contribution in [2.75, 3.05) is 6.54 Å². The lowest BCUT2D eigenvalue weighted by Gasteiger charge is -1.94. The molecule has 0 radical (unpaired) electrons. The summed E-state index contributed by atoms with van der Waals surface area (Å²) in [6.07, 6.45) is 3.96. The normalized spacial score (nSPS) is 10.5. The number of nitrogens with zero attached hydrogens (tertiary/aromatic N) is 3. The van der Waals surface area contributed by atoms with Crippen LogP contribution in [0.15, 0.2) is 27.3 Å². The van der Waals surface area contributed by atoms with Crippen molar-refractivity contribution in [2.24, 2.45) is 5.73 Å². The Hall–Kier alpha value is -1.27. The first-order chi connectivity index (χ1) is 7.29. The summed E-state index contributed by atoms with van der Waals surface area (Å²) in [5.74, 6) is 1.01. The van der Waals surface area contributed by atoms with Gasteiger partial charge in [0.25, 0.3) is 0 Å². The molecule has 2 rings (SSSR count). The van der Waals surface area contributed by atoms with Crippen LogP contribution in [0.5, 0.6) is 0 Å². The maximum Gasteiger partial charge on any atom is 0.249 e. The quantitative estimate of drug-likeness (QED) is 0.911. The van der Waals surface area contributed by atoms with Crippen LogP contribution in [-0.2, 0) is 6.42 Å². The molecule has 0 atom stereocenters. The minimum absolute atomic E-state index is 0.465. The highest BCUT2D eigenvalue weighted by Crippen LogP contribution is 2.20. The molecule has 0 aliphatic carbocycles. The van der Waals surface area contributed by atoms with E-state index in [9.17, 15) is 0 Å². The summed E-state index contributed by atoms with van der Waals surface area (Å²) in [6.45, 7) is 0.498. The zero-order valence-electron chi connectivity index (χ0n) is 7.85. The Kier molecular flexibility index (Phi) is 3.08. The van der Waals surface area contributed by atoms with Crippen LogP contribution in [0.25, 0.3) is 11.5 Å². The van der Waals surface area contributed by atoms with E-state index in [1.54, 1.807) is 12.4 Å². The second-order valence-electron chi connectivity index (χ2n) is 2.93. The molecule has 0 fully saturated rings. The fourth-order valence-corrected chi connectivity index (χ4v) is 1.49. The molecule has 0 unspecified atom stereocenters. The van der Waals surface area contributed by atoms with Crippen molar-refractivity contribution in [1.29, 1.82) is 0 Å². The highest BCUT2D eigenvalue weighted by atomic mass is 79.9. The first-order valence-corrected chi connectivity index (χ1v) is 5.22. The van der Waals surface area contributed by atoms with Crippen LogP contribution in [0.3, 0.4) is 0 Å². The van der Waals surface area contributed by atoms with Crippen LogP contribution >= 0.6 is 15.9 Å². The zero-order valence-corrected chi connectivity index (χ0v) is 9.44. The number of aromatic nitrogens is 3. The number of hydrogen-bond acceptors (Lipinski definition) is 5. The van der Waals surface area contributed by atoms with Crippen molar-refractivity contribution in [2.45, 2.75) is 6.42 Å². The van der Waals surface area contributed by atoms with Crippen molar-refractivity contribution in [1.82, 2.24) is 15.2 Å². The van der Waals surface area contributed by atoms with Crippen LogP contribution in [0.1, 0.15) is 5.89 Å². The van der Waals surface area contributed by atoms with E-state index in [4.69, 9.17) is 10.2 Å². The largest absolute Gasteiger partial charge is 0.421 e. The van der Waals surface area contributed by atoms with E-state index in [1.807, 2.05) is 6.07 Å². The smallest absolute Gasteiger partial charge is 0.249 e. The molecule has 0 saturated heterocycles. The lowest BCUT2D eigenvalue weighted by atomic mass is 10.3. The third kappa shape index (κ3) is 2.40. The standard InChI is InChI=1S/C9H9BrN4O/c10-7-3-6(4-12-5-7)9-14-13-8(15-9)1-2-11/h3-5H,1-2,11H2. The van der Waals surface area contributed by atoms with Gasteiger partial charge in [-0.25, -0.2) is 0 Å². The first-order valence-electron chi connectivity index (χ1n) is 4.43. The number of halogens is 1. The predicted molar refractivity (Wildman–Crippen MR) is 58.0 cm³/mol. The van der Waals surface area contributed by atoms with E-state index in [1.165, 1.54) is 0 Å². The molecule has 0 spiro atoms. The predicted octanol–water partition coefficient (Wildman–Crippen LogP) is 1.40. The monoisotopic (exact) mass is 268 g/mol. The van der Waals surface area contributed by atoms with Gasteiger partial charge in [-0.1, -0.05) is 0 Å². The van der Waals surface area contributed by atoms with Gasteiger partial charge in [0.15, 0.2) is 0 Å². The molecule has 2 N–H and O–H groups in total. The molecular formula is C9H9BrN4O. The van der Waals surface area contributed by atoms with Crippen molar-refractivity contribution < 1.29 is 4.42 Å². The molecule has 0 bridgehead atoms. The number of hydrogen-bond donors (Lipinski definition) is 1. The SMILES string of the molecule is NCCc1nnc(-c2cncc(Br)c2)o1. The lowest BCUT2D eigenvalue weighted by Crippen LogP contribution is -2.02. The van der Waals surface area contributed by atoms with Gasteiger partial charge in [0, 0.05) is 29.8 Å². The van der Waals surface area contributed by atoms with E-state index >= 15 is 0 Å². The molecule has 2 heterocycles. The van der Waals surface area contributed by atoms with Gasteiger partial charge >= 0.3 is 0 Å². The molecule has 78 valence electrons. The third-order valence-corrected chi connectivity index (χ3v) is 2.21. The van der Waals surface area contributed by atoms with E-state index in [0.29, 0.717) is 24.7 Å². The Balaban J connectivity index is 2.29. The molecule has 0 aliphatic rings. The topological polar surface area (TPSA) is 77.8 Å². The van der Waals surface area contributed by atoms with Crippen LogP contribution < -0.4 is 5.73 Å². The molecule has 0 aliphatic heterocycles. The Morgan fingerprint density at radius 2 is 2.20 bits per heavy atom. The second-order valence-corrected chi connectivity index (χ2v) is 3.85. The minimum atomic E-state index is 0.465. The molecule has 2 aromatic heterocycles. The molecule has 2 aromatic rings. The summed E-state index contributed by atoms with van der Waals surface area (Å²) >= 11 is 3.32. The van der Waals surface area contributed by atoms with Crippen molar-refractivity contribution in [3.8, 4) is 11.5 Å². The van der Waals surface area contributed by atoms with E-state index < -0.39 is 0 Å². The number of pyridine rings is 1. The number of nitrogens with two attached hydrogens (primary N) is 1. The Labute approximate surface area is 94.8 Å². The van der Waals surface area contributed by atoms with Gasteiger partial charge in [0.2, 0.25) is 11.8 Å². The fourth-order valence-electron chi connectivity index (χ4n) is 1.12. The Morgan fingerprint density at radius 3 is 2.93 bits per heavy atom. The van der Waals surface area contributed by atoms with Crippen LogP contribution in [0.4, 0.5) is 0 Å². The van der Waals surface area contributed by atoms with Gasteiger partial charge in [0.1, 0.15) is 0 Å². The van der Waals surface area contributed by atoms with Gasteiger partial charge in [-0.15, -0.1) is 10.2 Å². The highest BCUT2D eigenvalue weighted by Gasteiger charge is 2.08. The van der Waals surface area contributed by atoms with E-state index in [0.717, 1.165) is 10.0 Å². The number of rotatable bonds is 3. The van der Waals surface area contributed by atoms with Gasteiger partial charge in [-0.3, -0.25) is 4.98 Å². The second kappa shape index (κ2) is 4.50. The van der Waals surface area contributed by atoms with Gasteiger partial charge in [-0.05, 0) is 22.0 Å². The summed E-state index contributed by atoms with van der Waals surface area (Å²) in [6, 6.07) is 1.87. The molecule has 15 heavy (non-hydrogen) atoms. The summed E-state index contributed by atoms with van der Waals surface area (Å²) in [5, 5.41) is 7.79. The summed E-state index contributed by atoms with van der Waals surface area (Å²) in [4.78, 5) is 4.02. The van der Waals surface area contributed by atoms with Crippen LogP contribution in [0, 0.1) is 0 Å². The first kappa shape index (κ1) is 10.3. The van der Waals surface area contributed by atoms with E-state index in [-0.39, 0.29) is 0 Å². The van der Waals surface area contributed by atoms with Gasteiger partial charge in [-0.2, -0.15) is 0 Å². The fraction of sp³-hybridized carbons (Fsp3) is 0.222. The molecule has 6 heteroatoms. The maximum absolute atomic E-state index is 5.40. The molecule has 0 aromatic carbocycles. The lowest BCUT2D eigenvalue weighted by molar-refractivity contribution is 0.507. The minimum Gasteiger partial charge on any atom is -0.421 e. The van der Waals surface area contributed by atoms with Crippen LogP contribution in [-0.4, -0.2) is 21.7 Å². The van der Waals surface area contributed by atoms with Crippen molar-refractivity contribution >= 4 is 15.9 Å². The average Bonchev–Trinajstić information content (AvgIpc) is 2.67. The molecule has 5 nitrogen and oxygen atoms in total. The maximum atomic E-state index is 5.40. The molecular weight excluding hydrogens is 260 g/mol. The van der Waals surface area contributed by atoms with Crippen LogP contribution in [0.2, 0.25) is 0 Å². The molecule has 0 amide bonds. The Bertz CT molecular complexity index is 457. The Morgan fingerprint density at radius 1 is 1.33 bits per heavy atom. The van der Waals surface area contributed by atoms with Gasteiger partial charge < -0.3 is 10.2 Å². The average molecular weight is 269 g/mol. The summed E-state index contributed by atoms with van der Waals surface area (Å²) in [7, 11) is 0. The highest BCUT2D eigenvalue weighted by molar-refractivity contribution is 9.10. The van der Waals surface area contributed by atoms with Gasteiger partial charge in [0.05, 0.1) is 5.56 Å². The third-order valence-electron chi connectivity index (χ3n) is 1.78. The summed E-state index contributed by atoms with van der Waals surface area (Å²) in [5.41, 5.74) is 6.18. The van der Waals surface area contributed by atoms with E-state index in [2.05, 4.69) is 31.1 Å². The zero-order chi connectivity index (χ0) is 10.7.